The van der Waals surface area contributed by atoms with Crippen molar-refractivity contribution in [2.45, 2.75) is 13.8 Å². The van der Waals surface area contributed by atoms with Gasteiger partial charge in [-0.25, -0.2) is 0 Å². The normalized spacial score (nSPS) is 13.5. The second-order valence-electron chi connectivity index (χ2n) is 3.19. The molecule has 0 N–H and O–H groups in total. The molecule has 0 saturated heterocycles. The highest BCUT2D eigenvalue weighted by molar-refractivity contribution is 5.53. The van der Waals surface area contributed by atoms with Crippen molar-refractivity contribution in [2.24, 2.45) is 5.92 Å². The number of benzene rings is 1. The van der Waals surface area contributed by atoms with Gasteiger partial charge < -0.3 is 0 Å². The van der Waals surface area contributed by atoms with Gasteiger partial charge in [0.25, 0.3) is 0 Å². The Morgan fingerprint density at radius 2 is 2.00 bits per heavy atom. The average Bonchev–Trinajstić information content (AvgIpc) is 2.18. The SMILES string of the molecule is C#CC(C)/C(C)=C/c1ccccc1. The van der Waals surface area contributed by atoms with Crippen LogP contribution in [0.2, 0.25) is 0 Å². The van der Waals surface area contributed by atoms with Gasteiger partial charge >= 0.3 is 0 Å². The smallest absolute Gasteiger partial charge is 0.0381 e. The number of hydrogen-bond donors (Lipinski definition) is 0. The zero-order valence-electron chi connectivity index (χ0n) is 8.12. The highest BCUT2D eigenvalue weighted by atomic mass is 14.0. The van der Waals surface area contributed by atoms with E-state index in [1.54, 1.807) is 0 Å². The molecule has 13 heavy (non-hydrogen) atoms. The van der Waals surface area contributed by atoms with Gasteiger partial charge in [0.2, 0.25) is 0 Å². The maximum absolute atomic E-state index is 5.34. The molecule has 1 atom stereocenters. The van der Waals surface area contributed by atoms with E-state index in [1.807, 2.05) is 25.1 Å². The van der Waals surface area contributed by atoms with Crippen LogP contribution >= 0.6 is 0 Å². The highest BCUT2D eigenvalue weighted by Crippen LogP contribution is 2.13. The Hall–Kier alpha value is -1.48. The molecule has 66 valence electrons. The molecule has 0 saturated carbocycles. The van der Waals surface area contributed by atoms with Crippen molar-refractivity contribution in [3.05, 3.63) is 41.5 Å². The molecule has 0 heteroatoms. The van der Waals surface area contributed by atoms with E-state index in [-0.39, 0.29) is 5.92 Å². The molecule has 0 amide bonds. The molecule has 1 aromatic rings. The van der Waals surface area contributed by atoms with Gasteiger partial charge in [-0.3, -0.25) is 0 Å². The van der Waals surface area contributed by atoms with Crippen LogP contribution in [0.4, 0.5) is 0 Å². The Labute approximate surface area is 80.3 Å². The van der Waals surface area contributed by atoms with Gasteiger partial charge in [-0.05, 0) is 19.4 Å². The minimum atomic E-state index is 0.222. The average molecular weight is 170 g/mol. The molecule has 0 aromatic heterocycles. The van der Waals surface area contributed by atoms with Gasteiger partial charge in [0.1, 0.15) is 0 Å². The zero-order valence-corrected chi connectivity index (χ0v) is 8.12. The highest BCUT2D eigenvalue weighted by Gasteiger charge is 1.98. The fraction of sp³-hybridized carbons (Fsp3) is 0.231. The fourth-order valence-electron chi connectivity index (χ4n) is 1.07. The number of hydrogen-bond acceptors (Lipinski definition) is 0. The minimum absolute atomic E-state index is 0.222. The lowest BCUT2D eigenvalue weighted by Gasteiger charge is -2.03. The largest absolute Gasteiger partial charge is 0.119 e. The number of allylic oxidation sites excluding steroid dienone is 1. The van der Waals surface area contributed by atoms with Crippen molar-refractivity contribution in [3.63, 3.8) is 0 Å². The molecule has 0 heterocycles. The van der Waals surface area contributed by atoms with Crippen molar-refractivity contribution < 1.29 is 0 Å². The lowest BCUT2D eigenvalue weighted by Crippen LogP contribution is -1.90. The molecule has 0 bridgehead atoms. The monoisotopic (exact) mass is 170 g/mol. The topological polar surface area (TPSA) is 0 Å². The summed E-state index contributed by atoms with van der Waals surface area (Å²) in [5, 5.41) is 0. The van der Waals surface area contributed by atoms with E-state index < -0.39 is 0 Å². The maximum Gasteiger partial charge on any atom is 0.0381 e. The van der Waals surface area contributed by atoms with Crippen molar-refractivity contribution in [3.8, 4) is 12.3 Å². The third-order valence-corrected chi connectivity index (χ3v) is 2.13. The van der Waals surface area contributed by atoms with Crippen LogP contribution in [-0.2, 0) is 0 Å². The molecular formula is C13H14. The van der Waals surface area contributed by atoms with Gasteiger partial charge in [0.15, 0.2) is 0 Å². The summed E-state index contributed by atoms with van der Waals surface area (Å²) in [6.45, 7) is 4.10. The van der Waals surface area contributed by atoms with Crippen LogP contribution in [0.25, 0.3) is 6.08 Å². The Bertz CT molecular complexity index is 325. The standard InChI is InChI=1S/C13H14/c1-4-11(2)12(3)10-13-8-6-5-7-9-13/h1,5-11H,2-3H3/b12-10+. The molecule has 0 aliphatic rings. The maximum atomic E-state index is 5.34. The summed E-state index contributed by atoms with van der Waals surface area (Å²) in [5.41, 5.74) is 2.44. The van der Waals surface area contributed by atoms with Crippen LogP contribution in [0, 0.1) is 18.3 Å². The molecule has 0 aliphatic heterocycles. The van der Waals surface area contributed by atoms with E-state index in [1.165, 1.54) is 11.1 Å². The Kier molecular flexibility index (Phi) is 3.34. The van der Waals surface area contributed by atoms with Crippen LogP contribution in [0.5, 0.6) is 0 Å². The lowest BCUT2D eigenvalue weighted by atomic mass is 10.0. The first-order chi connectivity index (χ1) is 6.24. The molecular weight excluding hydrogens is 156 g/mol. The predicted octanol–water partition coefficient (Wildman–Crippen LogP) is 3.36. The summed E-state index contributed by atoms with van der Waals surface area (Å²) in [7, 11) is 0. The first kappa shape index (κ1) is 9.61. The molecule has 0 spiro atoms. The van der Waals surface area contributed by atoms with E-state index in [4.69, 9.17) is 6.42 Å². The lowest BCUT2D eigenvalue weighted by molar-refractivity contribution is 0.906. The van der Waals surface area contributed by atoms with E-state index in [0.29, 0.717) is 0 Å². The predicted molar refractivity (Wildman–Crippen MR) is 58.1 cm³/mol. The Morgan fingerprint density at radius 3 is 2.54 bits per heavy atom. The van der Waals surface area contributed by atoms with Crippen molar-refractivity contribution in [1.82, 2.24) is 0 Å². The van der Waals surface area contributed by atoms with Crippen molar-refractivity contribution >= 4 is 6.08 Å². The number of rotatable bonds is 2. The molecule has 1 unspecified atom stereocenters. The summed E-state index contributed by atoms with van der Waals surface area (Å²) in [4.78, 5) is 0. The summed E-state index contributed by atoms with van der Waals surface area (Å²) in [6, 6.07) is 10.2. The Morgan fingerprint density at radius 1 is 1.38 bits per heavy atom. The molecule has 1 aromatic carbocycles. The molecule has 0 radical (unpaired) electrons. The van der Waals surface area contributed by atoms with E-state index in [2.05, 4.69) is 31.1 Å². The second-order valence-corrected chi connectivity index (χ2v) is 3.19. The van der Waals surface area contributed by atoms with E-state index in [0.717, 1.165) is 0 Å². The van der Waals surface area contributed by atoms with Crippen LogP contribution in [0.3, 0.4) is 0 Å². The van der Waals surface area contributed by atoms with Gasteiger partial charge in [0.05, 0.1) is 0 Å². The fourth-order valence-corrected chi connectivity index (χ4v) is 1.07. The third-order valence-electron chi connectivity index (χ3n) is 2.13. The zero-order chi connectivity index (χ0) is 9.68. The summed E-state index contributed by atoms with van der Waals surface area (Å²) >= 11 is 0. The summed E-state index contributed by atoms with van der Waals surface area (Å²) in [6.07, 6.45) is 7.47. The van der Waals surface area contributed by atoms with E-state index in [9.17, 15) is 0 Å². The van der Waals surface area contributed by atoms with Crippen molar-refractivity contribution in [2.75, 3.05) is 0 Å². The molecule has 1 rings (SSSR count). The van der Waals surface area contributed by atoms with Gasteiger partial charge in [-0.2, -0.15) is 0 Å². The summed E-state index contributed by atoms with van der Waals surface area (Å²) in [5.74, 6) is 2.94. The van der Waals surface area contributed by atoms with Crippen LogP contribution < -0.4 is 0 Å². The van der Waals surface area contributed by atoms with Gasteiger partial charge in [-0.1, -0.05) is 47.9 Å². The van der Waals surface area contributed by atoms with Crippen LogP contribution in [0.15, 0.2) is 35.9 Å². The summed E-state index contributed by atoms with van der Waals surface area (Å²) < 4.78 is 0. The van der Waals surface area contributed by atoms with Crippen LogP contribution in [-0.4, -0.2) is 0 Å². The molecule has 0 nitrogen and oxygen atoms in total. The molecule has 0 fully saturated rings. The third kappa shape index (κ3) is 2.80. The number of terminal acetylenes is 1. The quantitative estimate of drug-likeness (QED) is 0.597. The first-order valence-corrected chi connectivity index (χ1v) is 4.43. The van der Waals surface area contributed by atoms with Crippen LogP contribution in [0.1, 0.15) is 19.4 Å². The second kappa shape index (κ2) is 4.52. The first-order valence-electron chi connectivity index (χ1n) is 4.43. The van der Waals surface area contributed by atoms with Gasteiger partial charge in [0, 0.05) is 5.92 Å². The minimum Gasteiger partial charge on any atom is -0.119 e. The Balaban J connectivity index is 2.84. The van der Waals surface area contributed by atoms with E-state index >= 15 is 0 Å². The van der Waals surface area contributed by atoms with Gasteiger partial charge in [-0.15, -0.1) is 6.42 Å². The molecule has 0 aliphatic carbocycles. The van der Waals surface area contributed by atoms with Crippen molar-refractivity contribution in [1.29, 1.82) is 0 Å².